The summed E-state index contributed by atoms with van der Waals surface area (Å²) in [5, 5.41) is 0. The van der Waals surface area contributed by atoms with Crippen LogP contribution in [0.5, 0.6) is 0 Å². The van der Waals surface area contributed by atoms with Crippen LogP contribution in [0.3, 0.4) is 0 Å². The van der Waals surface area contributed by atoms with E-state index < -0.39 is 61.6 Å². The van der Waals surface area contributed by atoms with Gasteiger partial charge < -0.3 is 21.7 Å². The average Bonchev–Trinajstić information content (AvgIpc) is 2.48. The van der Waals surface area contributed by atoms with Crippen LogP contribution < -0.4 is 0 Å². The van der Waals surface area contributed by atoms with E-state index in [2.05, 4.69) is 0 Å². The second-order valence-electron chi connectivity index (χ2n) is 13.4. The molecule has 0 heterocycles. The van der Waals surface area contributed by atoms with Crippen molar-refractivity contribution in [2.24, 2.45) is 0 Å². The van der Waals surface area contributed by atoms with Crippen LogP contribution in [0, 0.1) is 0 Å². The summed E-state index contributed by atoms with van der Waals surface area (Å²) in [4.78, 5) is 13.3. The first-order valence-corrected chi connectivity index (χ1v) is 30.4. The molecule has 204 valence electrons. The van der Waals surface area contributed by atoms with Crippen LogP contribution in [0.2, 0.25) is 98.2 Å². The number of rotatable bonds is 16. The van der Waals surface area contributed by atoms with Crippen LogP contribution in [-0.2, 0) is 35.6 Å². The third-order valence-corrected chi connectivity index (χ3v) is 13.1. The highest BCUT2D eigenvalue weighted by Crippen LogP contribution is 2.54. The van der Waals surface area contributed by atoms with E-state index in [-0.39, 0.29) is 19.0 Å². The standard InChI is InChI=1S/C20H51O8PSi5/c1-30(2,3)24-16-18(21)20(26-32(7,8)9)19(25-31(4,5)6)17-23-29(22,27-33(10,11)12)28-34(13,14)15/h19-20H,16-17H2,1-15H3/t19-,20+/m0/s1. The zero-order chi connectivity index (χ0) is 27.4. The number of carbonyl (C=O) groups excluding carboxylic acids is 1. The predicted octanol–water partition coefficient (Wildman–Crippen LogP) is 6.67. The molecule has 0 saturated heterocycles. The molecule has 34 heavy (non-hydrogen) atoms. The van der Waals surface area contributed by atoms with Gasteiger partial charge in [0.1, 0.15) is 12.2 Å². The molecule has 0 rings (SSSR count). The average molecular weight is 591 g/mol. The van der Waals surface area contributed by atoms with Gasteiger partial charge >= 0.3 is 7.82 Å². The zero-order valence-corrected chi connectivity index (χ0v) is 30.2. The molecule has 0 unspecified atom stereocenters. The summed E-state index contributed by atoms with van der Waals surface area (Å²) in [5.41, 5.74) is 0. The van der Waals surface area contributed by atoms with Gasteiger partial charge in [0, 0.05) is 0 Å². The molecule has 0 aliphatic heterocycles. The SMILES string of the molecule is C[Si](C)(C)OCC(=O)[C@@H](O[Si](C)(C)C)[C@H](COP(=O)(O[Si](C)(C)C)O[Si](C)(C)C)O[Si](C)(C)C. The van der Waals surface area contributed by atoms with Crippen molar-refractivity contribution in [3.63, 3.8) is 0 Å². The molecular weight excluding hydrogens is 540 g/mol. The lowest BCUT2D eigenvalue weighted by atomic mass is 10.1. The Morgan fingerprint density at radius 2 is 1.06 bits per heavy atom. The number of hydrogen-bond acceptors (Lipinski definition) is 8. The molecule has 0 amide bonds. The first-order valence-electron chi connectivity index (χ1n) is 11.9. The van der Waals surface area contributed by atoms with Gasteiger partial charge in [-0.25, -0.2) is 4.57 Å². The molecular formula is C20H51O8PSi5. The number of phosphoric acid groups is 1. The Labute approximate surface area is 214 Å². The summed E-state index contributed by atoms with van der Waals surface area (Å²) in [7, 11) is -14.6. The molecule has 0 aliphatic carbocycles. The Morgan fingerprint density at radius 3 is 1.38 bits per heavy atom. The Morgan fingerprint density at radius 1 is 0.647 bits per heavy atom. The molecule has 0 aromatic carbocycles. The van der Waals surface area contributed by atoms with Gasteiger partial charge in [-0.05, 0) is 98.2 Å². The minimum absolute atomic E-state index is 0.0507. The largest absolute Gasteiger partial charge is 0.455 e. The molecule has 0 saturated carbocycles. The molecule has 14 heteroatoms. The molecule has 0 bridgehead atoms. The first kappa shape index (κ1) is 34.7. The summed E-state index contributed by atoms with van der Waals surface area (Å²) >= 11 is 0. The second kappa shape index (κ2) is 12.5. The molecule has 8 nitrogen and oxygen atoms in total. The van der Waals surface area contributed by atoms with E-state index in [0.717, 1.165) is 0 Å². The van der Waals surface area contributed by atoms with E-state index >= 15 is 0 Å². The third-order valence-electron chi connectivity index (χ3n) is 3.46. The second-order valence-corrected chi connectivity index (χ2v) is 37.9. The molecule has 0 radical (unpaired) electrons. The maximum atomic E-state index is 13.7. The van der Waals surface area contributed by atoms with Crippen molar-refractivity contribution in [1.82, 2.24) is 0 Å². The van der Waals surface area contributed by atoms with Gasteiger partial charge in [0.05, 0.1) is 13.2 Å². The van der Waals surface area contributed by atoms with Gasteiger partial charge in [0.25, 0.3) is 0 Å². The fourth-order valence-electron chi connectivity index (χ4n) is 2.64. The molecule has 0 aromatic rings. The molecule has 0 aliphatic rings. The van der Waals surface area contributed by atoms with Crippen molar-refractivity contribution in [2.45, 2.75) is 110 Å². The Bertz CT molecular complexity index is 682. The highest BCUT2D eigenvalue weighted by atomic mass is 31.2. The number of carbonyl (C=O) groups is 1. The number of Topliss-reactive ketones (excluding diaryl/α,β-unsaturated/α-hetero) is 1. The van der Waals surface area contributed by atoms with E-state index in [9.17, 15) is 9.36 Å². The monoisotopic (exact) mass is 590 g/mol. The molecule has 0 spiro atoms. The number of hydrogen-bond donors (Lipinski definition) is 0. The lowest BCUT2D eigenvalue weighted by Crippen LogP contribution is -2.51. The van der Waals surface area contributed by atoms with Crippen molar-refractivity contribution >= 4 is 55.2 Å². The van der Waals surface area contributed by atoms with Crippen LogP contribution in [-0.4, -0.2) is 72.8 Å². The third kappa shape index (κ3) is 18.1. The van der Waals surface area contributed by atoms with E-state index in [0.29, 0.717) is 0 Å². The van der Waals surface area contributed by atoms with Crippen LogP contribution in [0.25, 0.3) is 0 Å². The highest BCUT2D eigenvalue weighted by molar-refractivity contribution is 7.52. The fraction of sp³-hybridized carbons (Fsp3) is 0.950. The van der Waals surface area contributed by atoms with Gasteiger partial charge in [0.15, 0.2) is 47.4 Å². The highest BCUT2D eigenvalue weighted by Gasteiger charge is 2.42. The van der Waals surface area contributed by atoms with Crippen molar-refractivity contribution in [1.29, 1.82) is 0 Å². The first-order chi connectivity index (χ1) is 14.7. The summed E-state index contributed by atoms with van der Waals surface area (Å²) in [5.74, 6) is -0.191. The minimum atomic E-state index is -3.87. The molecule has 0 N–H and O–H groups in total. The summed E-state index contributed by atoms with van der Waals surface area (Å²) in [6.45, 7) is 29.7. The van der Waals surface area contributed by atoms with Crippen molar-refractivity contribution < 1.29 is 35.6 Å². The summed E-state index contributed by atoms with van der Waals surface area (Å²) in [6.07, 6.45) is -1.64. The van der Waals surface area contributed by atoms with Gasteiger partial charge in [-0.2, -0.15) is 0 Å². The minimum Gasteiger partial charge on any atom is -0.410 e. The van der Waals surface area contributed by atoms with E-state index in [1.54, 1.807) is 0 Å². The van der Waals surface area contributed by atoms with Crippen LogP contribution in [0.1, 0.15) is 0 Å². The smallest absolute Gasteiger partial charge is 0.410 e. The fourth-order valence-corrected chi connectivity index (χ4v) is 12.0. The van der Waals surface area contributed by atoms with Gasteiger partial charge in [0.2, 0.25) is 0 Å². The van der Waals surface area contributed by atoms with Crippen LogP contribution in [0.4, 0.5) is 0 Å². The van der Waals surface area contributed by atoms with Gasteiger partial charge in [-0.3, -0.25) is 9.32 Å². The van der Waals surface area contributed by atoms with Crippen molar-refractivity contribution in [2.75, 3.05) is 13.2 Å². The van der Waals surface area contributed by atoms with Crippen LogP contribution in [0.15, 0.2) is 0 Å². The van der Waals surface area contributed by atoms with Crippen molar-refractivity contribution in [3.05, 3.63) is 0 Å². The Balaban J connectivity index is 6.09. The van der Waals surface area contributed by atoms with E-state index in [1.165, 1.54) is 0 Å². The Kier molecular flexibility index (Phi) is 12.8. The predicted molar refractivity (Wildman–Crippen MR) is 153 cm³/mol. The van der Waals surface area contributed by atoms with E-state index in [4.69, 9.17) is 26.2 Å². The topological polar surface area (TPSA) is 89.5 Å². The van der Waals surface area contributed by atoms with Gasteiger partial charge in [-0.15, -0.1) is 0 Å². The normalized spacial score (nSPS) is 16.4. The van der Waals surface area contributed by atoms with E-state index in [1.807, 2.05) is 98.2 Å². The zero-order valence-electron chi connectivity index (χ0n) is 24.3. The molecule has 2 atom stereocenters. The molecule has 0 aromatic heterocycles. The van der Waals surface area contributed by atoms with Crippen LogP contribution >= 0.6 is 7.82 Å². The maximum Gasteiger partial charge on any atom is 0.455 e. The lowest BCUT2D eigenvalue weighted by molar-refractivity contribution is -0.134. The van der Waals surface area contributed by atoms with Gasteiger partial charge in [-0.1, -0.05) is 0 Å². The summed E-state index contributed by atoms with van der Waals surface area (Å²) < 4.78 is 50.0. The number of ketones is 1. The summed E-state index contributed by atoms with van der Waals surface area (Å²) in [6, 6.07) is 0. The Hall–Kier alpha value is 0.744. The molecule has 0 fully saturated rings. The lowest BCUT2D eigenvalue weighted by Gasteiger charge is -2.37. The quantitative estimate of drug-likeness (QED) is 0.145. The van der Waals surface area contributed by atoms with Crippen molar-refractivity contribution in [3.8, 4) is 0 Å². The maximum absolute atomic E-state index is 13.7.